The molecule has 0 fully saturated rings. The van der Waals surface area contributed by atoms with E-state index >= 15 is 0 Å². The van der Waals surface area contributed by atoms with E-state index in [-0.39, 0.29) is 0 Å². The Hall–Kier alpha value is -5.44. The Morgan fingerprint density at radius 3 is 1.73 bits per heavy atom. The normalized spacial score (nSPS) is 12.1. The Bertz CT molecular complexity index is 2710. The van der Waals surface area contributed by atoms with Gasteiger partial charge in [-0.1, -0.05) is 127 Å². The molecule has 8 aromatic carbocycles. The van der Waals surface area contributed by atoms with Crippen LogP contribution < -0.4 is 0 Å². The predicted molar refractivity (Wildman–Crippen MR) is 190 cm³/mol. The highest BCUT2D eigenvalue weighted by Gasteiger charge is 2.19. The average Bonchev–Trinajstić information content (AvgIpc) is 3.66. The summed E-state index contributed by atoms with van der Waals surface area (Å²) in [5.41, 5.74) is 7.00. The van der Waals surface area contributed by atoms with Crippen molar-refractivity contribution in [3.8, 4) is 22.3 Å². The Balaban J connectivity index is 1.26. The summed E-state index contributed by atoms with van der Waals surface area (Å²) in [7, 11) is 0. The zero-order valence-corrected chi connectivity index (χ0v) is 24.5. The lowest BCUT2D eigenvalue weighted by Gasteiger charge is -2.17. The number of fused-ring (bicyclic) bond motifs is 11. The summed E-state index contributed by atoms with van der Waals surface area (Å²) in [5, 5.41) is 12.5. The van der Waals surface area contributed by atoms with Gasteiger partial charge in [-0.3, -0.25) is 0 Å². The lowest BCUT2D eigenvalue weighted by atomic mass is 9.86. The van der Waals surface area contributed by atoms with E-state index in [1.54, 1.807) is 0 Å². The largest absolute Gasteiger partial charge is 0.455 e. The zero-order valence-electron chi connectivity index (χ0n) is 23.7. The predicted octanol–water partition coefficient (Wildman–Crippen LogP) is 12.7. The molecule has 0 saturated heterocycles. The third kappa shape index (κ3) is 3.29. The summed E-state index contributed by atoms with van der Waals surface area (Å²) in [6, 6.07) is 52.9. The molecule has 0 N–H and O–H groups in total. The molecule has 0 spiro atoms. The summed E-state index contributed by atoms with van der Waals surface area (Å²) in [6.45, 7) is 0. The van der Waals surface area contributed by atoms with E-state index in [2.05, 4.69) is 146 Å². The van der Waals surface area contributed by atoms with Crippen LogP contribution in [0.2, 0.25) is 0 Å². The van der Waals surface area contributed by atoms with Gasteiger partial charge in [-0.25, -0.2) is 0 Å². The minimum Gasteiger partial charge on any atom is -0.455 e. The molecule has 10 rings (SSSR count). The quantitative estimate of drug-likeness (QED) is 0.187. The fourth-order valence-corrected chi connectivity index (χ4v) is 8.57. The van der Waals surface area contributed by atoms with Gasteiger partial charge >= 0.3 is 0 Å². The summed E-state index contributed by atoms with van der Waals surface area (Å²) >= 11 is 1.84. The molecular formula is C42H24OS. The van der Waals surface area contributed by atoms with Crippen LogP contribution in [-0.2, 0) is 0 Å². The van der Waals surface area contributed by atoms with Crippen LogP contribution in [0.25, 0.3) is 96.7 Å². The lowest BCUT2D eigenvalue weighted by molar-refractivity contribution is 0.673. The van der Waals surface area contributed by atoms with Gasteiger partial charge in [0.25, 0.3) is 0 Å². The maximum absolute atomic E-state index is 6.60. The molecule has 0 atom stereocenters. The van der Waals surface area contributed by atoms with Gasteiger partial charge in [-0.05, 0) is 72.8 Å². The molecule has 0 aliphatic rings. The van der Waals surface area contributed by atoms with Crippen LogP contribution in [0.1, 0.15) is 0 Å². The van der Waals surface area contributed by atoms with E-state index in [0.717, 1.165) is 11.2 Å². The van der Waals surface area contributed by atoms with Gasteiger partial charge in [0.05, 0.1) is 4.70 Å². The van der Waals surface area contributed by atoms with Gasteiger partial charge in [-0.2, -0.15) is 0 Å². The molecule has 1 nitrogen and oxygen atoms in total. The fourth-order valence-electron chi connectivity index (χ4n) is 7.35. The average molecular weight is 577 g/mol. The first-order valence-corrected chi connectivity index (χ1v) is 15.8. The topological polar surface area (TPSA) is 13.1 Å². The minimum atomic E-state index is 0.945. The second-order valence-electron chi connectivity index (χ2n) is 11.6. The van der Waals surface area contributed by atoms with Gasteiger partial charge in [-0.15, -0.1) is 11.3 Å². The molecule has 10 aromatic rings. The second-order valence-corrected chi connectivity index (χ2v) is 12.7. The first-order valence-electron chi connectivity index (χ1n) is 15.0. The molecule has 2 heteroatoms. The highest BCUT2D eigenvalue weighted by molar-refractivity contribution is 7.26. The molecule has 2 heterocycles. The van der Waals surface area contributed by atoms with Crippen LogP contribution in [0.5, 0.6) is 0 Å². The van der Waals surface area contributed by atoms with Crippen LogP contribution in [0, 0.1) is 0 Å². The lowest BCUT2D eigenvalue weighted by Crippen LogP contribution is -1.90. The van der Waals surface area contributed by atoms with Crippen LogP contribution in [0.3, 0.4) is 0 Å². The number of hydrogen-bond donors (Lipinski definition) is 0. The van der Waals surface area contributed by atoms with Gasteiger partial charge in [0.1, 0.15) is 5.58 Å². The number of rotatable bonds is 2. The van der Waals surface area contributed by atoms with Crippen LogP contribution >= 0.6 is 11.3 Å². The van der Waals surface area contributed by atoms with Crippen molar-refractivity contribution in [3.05, 3.63) is 146 Å². The van der Waals surface area contributed by atoms with Gasteiger partial charge < -0.3 is 4.42 Å². The molecule has 204 valence electrons. The number of benzene rings is 8. The van der Waals surface area contributed by atoms with E-state index in [9.17, 15) is 0 Å². The van der Waals surface area contributed by atoms with E-state index in [0.29, 0.717) is 0 Å². The molecule has 0 unspecified atom stereocenters. The Kier molecular flexibility index (Phi) is 4.94. The highest BCUT2D eigenvalue weighted by atomic mass is 32.1. The van der Waals surface area contributed by atoms with Crippen molar-refractivity contribution in [2.75, 3.05) is 0 Å². The van der Waals surface area contributed by atoms with E-state index in [1.807, 2.05) is 11.3 Å². The van der Waals surface area contributed by atoms with E-state index in [1.165, 1.54) is 85.5 Å². The van der Waals surface area contributed by atoms with Crippen molar-refractivity contribution >= 4 is 85.8 Å². The standard InChI is InChI=1S/C42H24OS/c1-2-11-26(12-3-1)38-30-14-6-8-16-32(30)39(33-17-9-7-15-31(33)38)27-18-20-29-34-21-22-35-40-28-13-5-4-10-25(28)19-23-36(40)43-41(35)42(34)44-37(29)24-27/h1-24H. The van der Waals surface area contributed by atoms with Crippen LogP contribution in [-0.4, -0.2) is 0 Å². The van der Waals surface area contributed by atoms with E-state index < -0.39 is 0 Å². The second kappa shape index (κ2) is 9.03. The van der Waals surface area contributed by atoms with Crippen molar-refractivity contribution < 1.29 is 4.42 Å². The third-order valence-corrected chi connectivity index (χ3v) is 10.4. The maximum atomic E-state index is 6.60. The molecule has 0 radical (unpaired) electrons. The van der Waals surface area contributed by atoms with Crippen LogP contribution in [0.4, 0.5) is 0 Å². The van der Waals surface area contributed by atoms with Crippen molar-refractivity contribution in [2.24, 2.45) is 0 Å². The summed E-state index contributed by atoms with van der Waals surface area (Å²) in [6.07, 6.45) is 0. The zero-order chi connectivity index (χ0) is 28.8. The Labute approximate surface area is 257 Å². The number of furan rings is 1. The molecule has 0 bridgehead atoms. The first-order chi connectivity index (χ1) is 21.8. The monoisotopic (exact) mass is 576 g/mol. The summed E-state index contributed by atoms with van der Waals surface area (Å²) in [5.74, 6) is 0. The summed E-state index contributed by atoms with van der Waals surface area (Å²) < 4.78 is 9.09. The highest BCUT2D eigenvalue weighted by Crippen LogP contribution is 2.47. The molecule has 0 aliphatic carbocycles. The molecular weight excluding hydrogens is 553 g/mol. The van der Waals surface area contributed by atoms with E-state index in [4.69, 9.17) is 4.42 Å². The van der Waals surface area contributed by atoms with Crippen molar-refractivity contribution in [1.29, 1.82) is 0 Å². The Morgan fingerprint density at radius 2 is 1.00 bits per heavy atom. The van der Waals surface area contributed by atoms with Gasteiger partial charge in [0.15, 0.2) is 5.58 Å². The van der Waals surface area contributed by atoms with Crippen molar-refractivity contribution in [1.82, 2.24) is 0 Å². The molecule has 0 saturated carbocycles. The summed E-state index contributed by atoms with van der Waals surface area (Å²) in [4.78, 5) is 0. The number of thiophene rings is 1. The van der Waals surface area contributed by atoms with Crippen molar-refractivity contribution in [2.45, 2.75) is 0 Å². The smallest absolute Gasteiger partial charge is 0.153 e. The first kappa shape index (κ1) is 24.0. The van der Waals surface area contributed by atoms with Crippen LogP contribution in [0.15, 0.2) is 150 Å². The SMILES string of the molecule is c1ccc(-c2c3ccccc3c(-c3ccc4c(c3)sc3c4ccc4c3oc3ccc5ccccc5c34)c3ccccc23)cc1. The fraction of sp³-hybridized carbons (Fsp3) is 0. The molecule has 0 amide bonds. The molecule has 0 aliphatic heterocycles. The minimum absolute atomic E-state index is 0.945. The Morgan fingerprint density at radius 1 is 0.409 bits per heavy atom. The molecule has 2 aromatic heterocycles. The third-order valence-electron chi connectivity index (χ3n) is 9.25. The van der Waals surface area contributed by atoms with Gasteiger partial charge in [0.2, 0.25) is 0 Å². The van der Waals surface area contributed by atoms with Gasteiger partial charge in [0, 0.05) is 26.2 Å². The van der Waals surface area contributed by atoms with Crippen molar-refractivity contribution in [3.63, 3.8) is 0 Å². The maximum Gasteiger partial charge on any atom is 0.153 e. The molecule has 44 heavy (non-hydrogen) atoms. The number of hydrogen-bond acceptors (Lipinski definition) is 2.